The van der Waals surface area contributed by atoms with Crippen LogP contribution in [-0.4, -0.2) is 0 Å². The molecule has 0 spiro atoms. The van der Waals surface area contributed by atoms with Crippen LogP contribution >= 0.6 is 0 Å². The summed E-state index contributed by atoms with van der Waals surface area (Å²) in [7, 11) is 0. The molecule has 4 fully saturated rings. The summed E-state index contributed by atoms with van der Waals surface area (Å²) in [5, 5.41) is 0. The summed E-state index contributed by atoms with van der Waals surface area (Å²) in [6.07, 6.45) is 17.3. The van der Waals surface area contributed by atoms with Crippen LogP contribution in [0.1, 0.15) is 84.5 Å². The van der Waals surface area contributed by atoms with Crippen LogP contribution in [0.2, 0.25) is 0 Å². The van der Waals surface area contributed by atoms with Gasteiger partial charge in [0.25, 0.3) is 0 Å². The summed E-state index contributed by atoms with van der Waals surface area (Å²) in [6, 6.07) is 0. The molecule has 0 aromatic rings. The minimum absolute atomic E-state index is 1.03. The normalized spacial score (nSPS) is 53.4. The zero-order chi connectivity index (χ0) is 14.4. The molecule has 0 N–H and O–H groups in total. The van der Waals surface area contributed by atoms with Gasteiger partial charge in [-0.2, -0.15) is 0 Å². The quantitative estimate of drug-likeness (QED) is 0.559. The van der Waals surface area contributed by atoms with Gasteiger partial charge in [-0.15, -0.1) is 0 Å². The zero-order valence-corrected chi connectivity index (χ0v) is 14.4. The smallest absolute Gasteiger partial charge is 0.0355 e. The predicted molar refractivity (Wildman–Crippen MR) is 90.1 cm³/mol. The average molecular weight is 289 g/mol. The van der Waals surface area contributed by atoms with Crippen molar-refractivity contribution in [3.05, 3.63) is 0 Å². The number of fused-ring (bicyclic) bond motifs is 2. The molecule has 0 heterocycles. The van der Waals surface area contributed by atoms with Gasteiger partial charge < -0.3 is 0 Å². The molecule has 4 saturated carbocycles. The highest BCUT2D eigenvalue weighted by Gasteiger charge is 2.45. The van der Waals surface area contributed by atoms with Gasteiger partial charge in [0.2, 0.25) is 0 Å². The molecule has 0 aliphatic heterocycles. The maximum absolute atomic E-state index is 2.60. The Morgan fingerprint density at radius 2 is 1.48 bits per heavy atom. The van der Waals surface area contributed by atoms with Crippen molar-refractivity contribution < 1.29 is 0 Å². The van der Waals surface area contributed by atoms with E-state index in [9.17, 15) is 0 Å². The molecule has 0 nitrogen and oxygen atoms in total. The summed E-state index contributed by atoms with van der Waals surface area (Å²) in [5.41, 5.74) is 0. The molecule has 21 heavy (non-hydrogen) atoms. The molecule has 0 radical (unpaired) electrons. The Morgan fingerprint density at radius 3 is 2.38 bits per heavy atom. The second-order valence-corrected chi connectivity index (χ2v) is 9.51. The lowest BCUT2D eigenvalue weighted by atomic mass is 9.67. The van der Waals surface area contributed by atoms with E-state index < -0.39 is 0 Å². The first kappa shape index (κ1) is 14.6. The topological polar surface area (TPSA) is 0 Å². The summed E-state index contributed by atoms with van der Waals surface area (Å²) < 4.78 is 0. The lowest BCUT2D eigenvalue weighted by Gasteiger charge is -2.38. The van der Waals surface area contributed by atoms with Gasteiger partial charge in [0, 0.05) is 0 Å². The van der Waals surface area contributed by atoms with Gasteiger partial charge in [-0.05, 0) is 79.4 Å². The first-order valence-electron chi connectivity index (χ1n) is 10.2. The highest BCUT2D eigenvalue weighted by atomic mass is 14.5. The van der Waals surface area contributed by atoms with Crippen molar-refractivity contribution in [3.8, 4) is 0 Å². The van der Waals surface area contributed by atoms with Gasteiger partial charge in [0.05, 0.1) is 0 Å². The monoisotopic (exact) mass is 288 g/mol. The Balaban J connectivity index is 1.44. The van der Waals surface area contributed by atoms with Gasteiger partial charge in [-0.1, -0.05) is 52.4 Å². The van der Waals surface area contributed by atoms with Crippen molar-refractivity contribution in [3.63, 3.8) is 0 Å². The molecule has 0 bridgehead atoms. The van der Waals surface area contributed by atoms with Gasteiger partial charge in [-0.3, -0.25) is 0 Å². The van der Waals surface area contributed by atoms with E-state index in [1.165, 1.54) is 12.8 Å². The first-order valence-corrected chi connectivity index (χ1v) is 10.2. The van der Waals surface area contributed by atoms with E-state index in [1.54, 1.807) is 57.8 Å². The fourth-order valence-corrected chi connectivity index (χ4v) is 7.43. The zero-order valence-electron chi connectivity index (χ0n) is 14.4. The van der Waals surface area contributed by atoms with Crippen molar-refractivity contribution in [2.24, 2.45) is 47.3 Å². The van der Waals surface area contributed by atoms with Gasteiger partial charge >= 0.3 is 0 Å². The third-order valence-corrected chi connectivity index (χ3v) is 8.24. The summed E-state index contributed by atoms with van der Waals surface area (Å²) in [4.78, 5) is 0. The van der Waals surface area contributed by atoms with Crippen LogP contribution in [0.5, 0.6) is 0 Å². The standard InChI is InChI=1S/C21H36/c1-14-10-16-7-5-8-18(21(16)11-14)13-20-15(2)12-17-6-3-4-9-19(17)20/h14-21H,3-13H2,1-2H3. The molecule has 120 valence electrons. The van der Waals surface area contributed by atoms with Crippen LogP contribution in [0.4, 0.5) is 0 Å². The molecule has 0 aromatic carbocycles. The van der Waals surface area contributed by atoms with Crippen molar-refractivity contribution in [1.82, 2.24) is 0 Å². The fourth-order valence-electron chi connectivity index (χ4n) is 7.43. The highest BCUT2D eigenvalue weighted by molar-refractivity contribution is 4.95. The molecule has 8 unspecified atom stereocenters. The van der Waals surface area contributed by atoms with Gasteiger partial charge in [0.1, 0.15) is 0 Å². The average Bonchev–Trinajstić information content (AvgIpc) is 3.00. The molecule has 0 saturated heterocycles. The van der Waals surface area contributed by atoms with Crippen LogP contribution in [0.3, 0.4) is 0 Å². The van der Waals surface area contributed by atoms with E-state index in [0.29, 0.717) is 0 Å². The predicted octanol–water partition coefficient (Wildman–Crippen LogP) is 6.30. The molecule has 4 aliphatic carbocycles. The highest BCUT2D eigenvalue weighted by Crippen LogP contribution is 2.55. The largest absolute Gasteiger partial charge is 0.0625 e. The molecule has 0 heteroatoms. The lowest BCUT2D eigenvalue weighted by Crippen LogP contribution is -2.29. The van der Waals surface area contributed by atoms with E-state index in [-0.39, 0.29) is 0 Å². The van der Waals surface area contributed by atoms with E-state index in [4.69, 9.17) is 0 Å². The van der Waals surface area contributed by atoms with Gasteiger partial charge in [-0.25, -0.2) is 0 Å². The maximum atomic E-state index is 2.60. The Hall–Kier alpha value is 0. The van der Waals surface area contributed by atoms with Crippen molar-refractivity contribution in [2.45, 2.75) is 84.5 Å². The second-order valence-electron chi connectivity index (χ2n) is 9.51. The van der Waals surface area contributed by atoms with Crippen LogP contribution in [0.15, 0.2) is 0 Å². The third-order valence-electron chi connectivity index (χ3n) is 8.24. The summed E-state index contributed by atoms with van der Waals surface area (Å²) in [5.74, 6) is 8.80. The third kappa shape index (κ3) is 2.70. The number of rotatable bonds is 2. The Bertz CT molecular complexity index is 359. The Morgan fingerprint density at radius 1 is 0.714 bits per heavy atom. The lowest BCUT2D eigenvalue weighted by molar-refractivity contribution is 0.116. The fraction of sp³-hybridized carbons (Fsp3) is 1.00. The Labute approximate surface area is 132 Å². The van der Waals surface area contributed by atoms with E-state index >= 15 is 0 Å². The molecule has 0 amide bonds. The SMILES string of the molecule is CC1CC2CCCC(CC3C(C)CC4CCCCC43)C2C1. The van der Waals surface area contributed by atoms with Crippen LogP contribution in [-0.2, 0) is 0 Å². The summed E-state index contributed by atoms with van der Waals surface area (Å²) >= 11 is 0. The number of hydrogen-bond donors (Lipinski definition) is 0. The molecular weight excluding hydrogens is 252 g/mol. The molecule has 0 aromatic heterocycles. The van der Waals surface area contributed by atoms with Crippen molar-refractivity contribution in [1.29, 1.82) is 0 Å². The van der Waals surface area contributed by atoms with Crippen molar-refractivity contribution >= 4 is 0 Å². The molecule has 8 atom stereocenters. The molecular formula is C21H36. The first-order chi connectivity index (χ1) is 10.2. The van der Waals surface area contributed by atoms with Crippen LogP contribution in [0, 0.1) is 47.3 Å². The van der Waals surface area contributed by atoms with Crippen LogP contribution < -0.4 is 0 Å². The molecule has 4 aliphatic rings. The summed E-state index contributed by atoms with van der Waals surface area (Å²) in [6.45, 7) is 5.12. The van der Waals surface area contributed by atoms with Gasteiger partial charge in [0.15, 0.2) is 0 Å². The second kappa shape index (κ2) is 5.89. The maximum Gasteiger partial charge on any atom is -0.0355 e. The molecule has 4 rings (SSSR count). The Kier molecular flexibility index (Phi) is 4.09. The van der Waals surface area contributed by atoms with Crippen LogP contribution in [0.25, 0.3) is 0 Å². The minimum atomic E-state index is 1.03. The van der Waals surface area contributed by atoms with E-state index in [0.717, 1.165) is 47.3 Å². The van der Waals surface area contributed by atoms with E-state index in [1.807, 2.05) is 0 Å². The van der Waals surface area contributed by atoms with E-state index in [2.05, 4.69) is 13.8 Å². The number of hydrogen-bond acceptors (Lipinski definition) is 0. The van der Waals surface area contributed by atoms with Crippen molar-refractivity contribution in [2.75, 3.05) is 0 Å². The minimum Gasteiger partial charge on any atom is -0.0625 e.